The van der Waals surface area contributed by atoms with Gasteiger partial charge in [0.15, 0.2) is 0 Å². The number of benzene rings is 1. The van der Waals surface area contributed by atoms with Crippen LogP contribution in [0.4, 0.5) is 0 Å². The maximum atomic E-state index is 12.0. The van der Waals surface area contributed by atoms with E-state index in [1.807, 2.05) is 5.43 Å². The Kier molecular flexibility index (Phi) is 3.03. The number of methoxy groups -OCH3 is 1. The fraction of sp³-hybridized carbons (Fsp3) is 0.167. The van der Waals surface area contributed by atoms with Crippen LogP contribution in [0.2, 0.25) is 0 Å². The van der Waals surface area contributed by atoms with Crippen LogP contribution in [0.15, 0.2) is 29.1 Å². The number of hydrazine groups is 1. The number of hydrogen-bond donors (Lipinski definition) is 2. The number of aryl methyl sites for hydroxylation is 1. The maximum Gasteiger partial charge on any atom is 0.270 e. The van der Waals surface area contributed by atoms with Crippen LogP contribution >= 0.6 is 0 Å². The second-order valence-corrected chi connectivity index (χ2v) is 3.82. The Bertz CT molecular complexity index is 676. The molecule has 0 atom stereocenters. The number of fused-ring (bicyclic) bond motifs is 1. The van der Waals surface area contributed by atoms with Gasteiger partial charge in [0.25, 0.3) is 11.5 Å². The fourth-order valence-corrected chi connectivity index (χ4v) is 1.83. The molecule has 6 heteroatoms. The Morgan fingerprint density at radius 1 is 1.39 bits per heavy atom. The highest BCUT2D eigenvalue weighted by Gasteiger charge is 2.13. The van der Waals surface area contributed by atoms with Gasteiger partial charge in [-0.3, -0.25) is 15.0 Å². The molecule has 0 saturated carbocycles. The molecule has 94 valence electrons. The molecule has 0 radical (unpaired) electrons. The van der Waals surface area contributed by atoms with E-state index in [-0.39, 0.29) is 5.56 Å². The molecule has 0 aliphatic carbocycles. The largest absolute Gasteiger partial charge is 0.497 e. The van der Waals surface area contributed by atoms with Gasteiger partial charge in [0.05, 0.1) is 12.6 Å². The Balaban J connectivity index is 2.80. The number of nitrogens with zero attached hydrogens (tertiary/aromatic N) is 1. The van der Waals surface area contributed by atoms with Crippen LogP contribution in [0.3, 0.4) is 0 Å². The summed E-state index contributed by atoms with van der Waals surface area (Å²) >= 11 is 0. The Morgan fingerprint density at radius 2 is 2.11 bits per heavy atom. The van der Waals surface area contributed by atoms with E-state index in [2.05, 4.69) is 0 Å². The molecule has 1 amide bonds. The summed E-state index contributed by atoms with van der Waals surface area (Å²) in [6.07, 6.45) is 0. The molecule has 0 bridgehead atoms. The number of nitrogen functional groups attached to an aromatic ring is 1. The Labute approximate surface area is 103 Å². The average Bonchev–Trinajstić information content (AvgIpc) is 2.41. The van der Waals surface area contributed by atoms with E-state index in [4.69, 9.17) is 10.6 Å². The Morgan fingerprint density at radius 3 is 2.72 bits per heavy atom. The molecule has 18 heavy (non-hydrogen) atoms. The molecule has 0 saturated heterocycles. The summed E-state index contributed by atoms with van der Waals surface area (Å²) in [4.78, 5) is 23.5. The standard InChI is InChI=1S/C12H13N3O3/c1-15-10-4-3-8(18-2)5-7(10)6-9(12(15)17)11(16)14-13/h3-6H,13H2,1-2H3,(H,14,16). The zero-order valence-electron chi connectivity index (χ0n) is 10.1. The number of nitrogens with one attached hydrogen (secondary N) is 1. The summed E-state index contributed by atoms with van der Waals surface area (Å²) in [6, 6.07) is 6.77. The summed E-state index contributed by atoms with van der Waals surface area (Å²) in [5.74, 6) is 5.09. The maximum absolute atomic E-state index is 12.0. The molecule has 2 rings (SSSR count). The highest BCUT2D eigenvalue weighted by Crippen LogP contribution is 2.19. The van der Waals surface area contributed by atoms with Crippen molar-refractivity contribution in [1.82, 2.24) is 9.99 Å². The molecule has 6 nitrogen and oxygen atoms in total. The van der Waals surface area contributed by atoms with Gasteiger partial charge in [0.2, 0.25) is 0 Å². The summed E-state index contributed by atoms with van der Waals surface area (Å²) in [6.45, 7) is 0. The third kappa shape index (κ3) is 1.82. The lowest BCUT2D eigenvalue weighted by Crippen LogP contribution is -2.36. The van der Waals surface area contributed by atoms with Crippen LogP contribution in [-0.4, -0.2) is 17.6 Å². The second-order valence-electron chi connectivity index (χ2n) is 3.82. The van der Waals surface area contributed by atoms with E-state index in [0.29, 0.717) is 5.75 Å². The summed E-state index contributed by atoms with van der Waals surface area (Å²) < 4.78 is 6.51. The predicted molar refractivity (Wildman–Crippen MR) is 67.4 cm³/mol. The smallest absolute Gasteiger partial charge is 0.270 e. The molecule has 1 aromatic heterocycles. The van der Waals surface area contributed by atoms with Gasteiger partial charge < -0.3 is 9.30 Å². The third-order valence-corrected chi connectivity index (χ3v) is 2.81. The van der Waals surface area contributed by atoms with Gasteiger partial charge in [-0.1, -0.05) is 0 Å². The number of ether oxygens (including phenoxy) is 1. The van der Waals surface area contributed by atoms with Gasteiger partial charge >= 0.3 is 0 Å². The lowest BCUT2D eigenvalue weighted by Gasteiger charge is -2.09. The van der Waals surface area contributed by atoms with Crippen molar-refractivity contribution in [2.45, 2.75) is 0 Å². The zero-order chi connectivity index (χ0) is 13.3. The van der Waals surface area contributed by atoms with Crippen molar-refractivity contribution in [3.63, 3.8) is 0 Å². The van der Waals surface area contributed by atoms with Crippen LogP contribution < -0.4 is 21.6 Å². The second kappa shape index (κ2) is 4.50. The van der Waals surface area contributed by atoms with Crippen molar-refractivity contribution >= 4 is 16.8 Å². The monoisotopic (exact) mass is 247 g/mol. The Hall–Kier alpha value is -2.34. The summed E-state index contributed by atoms with van der Waals surface area (Å²) in [5.41, 5.74) is 2.28. The van der Waals surface area contributed by atoms with Gasteiger partial charge in [-0.25, -0.2) is 5.84 Å². The summed E-state index contributed by atoms with van der Waals surface area (Å²) in [5, 5.41) is 0.732. The number of amides is 1. The molecule has 1 heterocycles. The third-order valence-electron chi connectivity index (χ3n) is 2.81. The number of pyridine rings is 1. The van der Waals surface area contributed by atoms with E-state index in [1.54, 1.807) is 32.4 Å². The van der Waals surface area contributed by atoms with Crippen LogP contribution in [0.5, 0.6) is 5.75 Å². The van der Waals surface area contributed by atoms with Gasteiger partial charge in [0, 0.05) is 12.4 Å². The number of nitrogens with two attached hydrogens (primary N) is 1. The SMILES string of the molecule is COc1ccc2c(c1)cc(C(=O)NN)c(=O)n2C. The molecule has 0 aliphatic heterocycles. The van der Waals surface area contributed by atoms with Crippen LogP contribution in [0, 0.1) is 0 Å². The van der Waals surface area contributed by atoms with Crippen molar-refractivity contribution in [2.24, 2.45) is 12.9 Å². The van der Waals surface area contributed by atoms with E-state index >= 15 is 0 Å². The molecule has 0 unspecified atom stereocenters. The zero-order valence-corrected chi connectivity index (χ0v) is 10.1. The van der Waals surface area contributed by atoms with E-state index in [0.717, 1.165) is 10.9 Å². The van der Waals surface area contributed by atoms with Crippen molar-refractivity contribution in [3.8, 4) is 5.75 Å². The average molecular weight is 247 g/mol. The quantitative estimate of drug-likeness (QED) is 0.449. The minimum atomic E-state index is -0.611. The minimum Gasteiger partial charge on any atom is -0.497 e. The van der Waals surface area contributed by atoms with Crippen molar-refractivity contribution < 1.29 is 9.53 Å². The first-order valence-corrected chi connectivity index (χ1v) is 5.27. The number of aromatic nitrogens is 1. The van der Waals surface area contributed by atoms with Gasteiger partial charge in [-0.05, 0) is 24.3 Å². The summed E-state index contributed by atoms with van der Waals surface area (Å²) in [7, 11) is 3.15. The molecule has 3 N–H and O–H groups in total. The lowest BCUT2D eigenvalue weighted by molar-refractivity contribution is 0.0952. The molecule has 1 aromatic carbocycles. The highest BCUT2D eigenvalue weighted by atomic mass is 16.5. The number of carbonyl (C=O) groups is 1. The predicted octanol–water partition coefficient (Wildman–Crippen LogP) is 0.151. The van der Waals surface area contributed by atoms with Crippen molar-refractivity contribution in [2.75, 3.05) is 7.11 Å². The number of hydrogen-bond acceptors (Lipinski definition) is 4. The van der Waals surface area contributed by atoms with Crippen molar-refractivity contribution in [1.29, 1.82) is 0 Å². The first kappa shape index (κ1) is 12.1. The first-order valence-electron chi connectivity index (χ1n) is 5.27. The molecule has 0 fully saturated rings. The van der Waals surface area contributed by atoms with E-state index < -0.39 is 11.5 Å². The van der Waals surface area contributed by atoms with Gasteiger partial charge in [-0.15, -0.1) is 0 Å². The molecule has 0 aliphatic rings. The lowest BCUT2D eigenvalue weighted by atomic mass is 10.1. The van der Waals surface area contributed by atoms with Gasteiger partial charge in [-0.2, -0.15) is 0 Å². The van der Waals surface area contributed by atoms with E-state index in [9.17, 15) is 9.59 Å². The van der Waals surface area contributed by atoms with Crippen molar-refractivity contribution in [3.05, 3.63) is 40.2 Å². The van der Waals surface area contributed by atoms with Gasteiger partial charge in [0.1, 0.15) is 11.3 Å². The topological polar surface area (TPSA) is 86.3 Å². The molecular formula is C12H13N3O3. The normalized spacial score (nSPS) is 10.4. The number of rotatable bonds is 2. The van der Waals surface area contributed by atoms with E-state index in [1.165, 1.54) is 10.6 Å². The van der Waals surface area contributed by atoms with Crippen LogP contribution in [0.25, 0.3) is 10.9 Å². The van der Waals surface area contributed by atoms with Crippen LogP contribution in [-0.2, 0) is 7.05 Å². The first-order chi connectivity index (χ1) is 8.58. The highest BCUT2D eigenvalue weighted by molar-refractivity contribution is 5.97. The minimum absolute atomic E-state index is 0.000697. The molecule has 0 spiro atoms. The number of carbonyl (C=O) groups excluding carboxylic acids is 1. The molecular weight excluding hydrogens is 234 g/mol. The van der Waals surface area contributed by atoms with Crippen LogP contribution in [0.1, 0.15) is 10.4 Å². The fourth-order valence-electron chi connectivity index (χ4n) is 1.83. The molecule has 2 aromatic rings.